The fraction of sp³-hybridized carbons (Fsp3) is 0.375. The number of alkyl carbamates (subject to hydrolysis) is 1. The minimum Gasteiger partial charge on any atom is -0.439 e. The molecule has 1 atom stereocenters. The molecule has 0 saturated carbocycles. The largest absolute Gasteiger partial charge is 0.439 e. The molecular formula is C8H9NO2S. The van der Waals surface area contributed by atoms with Crippen LogP contribution in [0.2, 0.25) is 0 Å². The van der Waals surface area contributed by atoms with Crippen molar-refractivity contribution >= 4 is 17.4 Å². The van der Waals surface area contributed by atoms with Crippen molar-refractivity contribution in [3.8, 4) is 0 Å². The Bertz CT molecular complexity index is 308. The predicted molar refractivity (Wildman–Crippen MR) is 46.3 cm³/mol. The molecule has 1 aliphatic rings. The molecule has 0 radical (unpaired) electrons. The Morgan fingerprint density at radius 3 is 3.08 bits per heavy atom. The van der Waals surface area contributed by atoms with Crippen molar-refractivity contribution in [2.75, 3.05) is 6.54 Å². The number of nitrogens with one attached hydrogen (secondary N) is 1. The summed E-state index contributed by atoms with van der Waals surface area (Å²) in [5.74, 6) is 0. The number of aryl methyl sites for hydroxylation is 1. The third-order valence-electron chi connectivity index (χ3n) is 1.88. The molecule has 0 bridgehead atoms. The molecule has 1 fully saturated rings. The SMILES string of the molecule is Cc1ccsc1C1CNC(=O)O1. The average Bonchev–Trinajstić information content (AvgIpc) is 2.58. The van der Waals surface area contributed by atoms with Gasteiger partial charge in [-0.25, -0.2) is 4.79 Å². The van der Waals surface area contributed by atoms with Crippen molar-refractivity contribution < 1.29 is 9.53 Å². The third-order valence-corrected chi connectivity index (χ3v) is 2.99. The summed E-state index contributed by atoms with van der Waals surface area (Å²) in [6, 6.07) is 2.03. The van der Waals surface area contributed by atoms with E-state index in [2.05, 4.69) is 5.32 Å². The van der Waals surface area contributed by atoms with Crippen molar-refractivity contribution in [3.63, 3.8) is 0 Å². The van der Waals surface area contributed by atoms with Crippen LogP contribution in [0.4, 0.5) is 4.79 Å². The molecule has 1 amide bonds. The number of cyclic esters (lactones) is 1. The molecule has 0 spiro atoms. The van der Waals surface area contributed by atoms with E-state index in [1.54, 1.807) is 11.3 Å². The standard InChI is InChI=1S/C8H9NO2S/c1-5-2-3-12-7(5)6-4-9-8(10)11-6/h2-3,6H,4H2,1H3,(H,9,10). The molecule has 0 aromatic carbocycles. The summed E-state index contributed by atoms with van der Waals surface area (Å²) in [5.41, 5.74) is 1.20. The average molecular weight is 183 g/mol. The molecular weight excluding hydrogens is 174 g/mol. The van der Waals surface area contributed by atoms with Gasteiger partial charge >= 0.3 is 6.09 Å². The first kappa shape index (κ1) is 7.61. The quantitative estimate of drug-likeness (QED) is 0.721. The lowest BCUT2D eigenvalue weighted by atomic mass is 10.2. The third kappa shape index (κ3) is 1.18. The topological polar surface area (TPSA) is 38.3 Å². The van der Waals surface area contributed by atoms with Crippen LogP contribution in [-0.4, -0.2) is 12.6 Å². The van der Waals surface area contributed by atoms with Gasteiger partial charge in [0, 0.05) is 4.88 Å². The van der Waals surface area contributed by atoms with Crippen LogP contribution in [0.5, 0.6) is 0 Å². The van der Waals surface area contributed by atoms with E-state index in [0.29, 0.717) is 6.54 Å². The van der Waals surface area contributed by atoms with Gasteiger partial charge in [-0.05, 0) is 23.9 Å². The highest BCUT2D eigenvalue weighted by atomic mass is 32.1. The molecule has 1 aromatic heterocycles. The van der Waals surface area contributed by atoms with Gasteiger partial charge in [0.2, 0.25) is 0 Å². The fourth-order valence-electron chi connectivity index (χ4n) is 1.25. The van der Waals surface area contributed by atoms with Crippen LogP contribution in [0.25, 0.3) is 0 Å². The Balaban J connectivity index is 2.21. The van der Waals surface area contributed by atoms with Gasteiger partial charge in [-0.15, -0.1) is 11.3 Å². The van der Waals surface area contributed by atoms with E-state index in [0.717, 1.165) is 4.88 Å². The van der Waals surface area contributed by atoms with Crippen LogP contribution in [-0.2, 0) is 4.74 Å². The van der Waals surface area contributed by atoms with Crippen molar-refractivity contribution in [1.82, 2.24) is 5.32 Å². The second kappa shape index (κ2) is 2.79. The van der Waals surface area contributed by atoms with Gasteiger partial charge in [-0.1, -0.05) is 0 Å². The van der Waals surface area contributed by atoms with Crippen molar-refractivity contribution in [2.24, 2.45) is 0 Å². The highest BCUT2D eigenvalue weighted by Crippen LogP contribution is 2.28. The molecule has 2 heterocycles. The summed E-state index contributed by atoms with van der Waals surface area (Å²) in [6.07, 6.45) is -0.384. The van der Waals surface area contributed by atoms with E-state index in [-0.39, 0.29) is 12.2 Å². The first-order chi connectivity index (χ1) is 5.77. The molecule has 4 heteroatoms. The number of carbonyl (C=O) groups is 1. The zero-order valence-electron chi connectivity index (χ0n) is 6.66. The maximum Gasteiger partial charge on any atom is 0.407 e. The highest BCUT2D eigenvalue weighted by molar-refractivity contribution is 7.10. The normalized spacial score (nSPS) is 22.1. The van der Waals surface area contributed by atoms with Gasteiger partial charge in [0.1, 0.15) is 0 Å². The smallest absolute Gasteiger partial charge is 0.407 e. The van der Waals surface area contributed by atoms with Crippen LogP contribution >= 0.6 is 11.3 Å². The Morgan fingerprint density at radius 2 is 2.58 bits per heavy atom. The summed E-state index contributed by atoms with van der Waals surface area (Å²) in [7, 11) is 0. The number of amides is 1. The van der Waals surface area contributed by atoms with Crippen molar-refractivity contribution in [1.29, 1.82) is 0 Å². The van der Waals surface area contributed by atoms with E-state index in [1.807, 2.05) is 18.4 Å². The van der Waals surface area contributed by atoms with Crippen molar-refractivity contribution in [2.45, 2.75) is 13.0 Å². The van der Waals surface area contributed by atoms with E-state index >= 15 is 0 Å². The molecule has 1 aromatic rings. The lowest BCUT2D eigenvalue weighted by molar-refractivity contribution is 0.142. The molecule has 1 aliphatic heterocycles. The molecule has 1 N–H and O–H groups in total. The molecule has 64 valence electrons. The summed E-state index contributed by atoms with van der Waals surface area (Å²) in [6.45, 7) is 2.62. The summed E-state index contributed by atoms with van der Waals surface area (Å²) in [4.78, 5) is 11.9. The molecule has 0 aliphatic carbocycles. The predicted octanol–water partition coefficient (Wildman–Crippen LogP) is 1.84. The lowest BCUT2D eigenvalue weighted by Crippen LogP contribution is -2.12. The number of thiophene rings is 1. The Morgan fingerprint density at radius 1 is 1.75 bits per heavy atom. The zero-order valence-corrected chi connectivity index (χ0v) is 7.48. The van der Waals surface area contributed by atoms with Gasteiger partial charge in [0.15, 0.2) is 6.10 Å². The fourth-order valence-corrected chi connectivity index (χ4v) is 2.21. The maximum absolute atomic E-state index is 10.7. The first-order valence-corrected chi connectivity index (χ1v) is 4.64. The first-order valence-electron chi connectivity index (χ1n) is 3.76. The van der Waals surface area contributed by atoms with Crippen LogP contribution in [0.3, 0.4) is 0 Å². The summed E-state index contributed by atoms with van der Waals surface area (Å²) < 4.78 is 5.05. The second-order valence-corrected chi connectivity index (χ2v) is 3.69. The highest BCUT2D eigenvalue weighted by Gasteiger charge is 2.25. The molecule has 12 heavy (non-hydrogen) atoms. The van der Waals surface area contributed by atoms with Gasteiger partial charge in [-0.2, -0.15) is 0 Å². The molecule has 2 rings (SSSR count). The number of carbonyl (C=O) groups excluding carboxylic acids is 1. The van der Waals surface area contributed by atoms with E-state index < -0.39 is 0 Å². The molecule has 1 saturated heterocycles. The van der Waals surface area contributed by atoms with E-state index in [1.165, 1.54) is 5.56 Å². The van der Waals surface area contributed by atoms with Gasteiger partial charge < -0.3 is 10.1 Å². The summed E-state index contributed by atoms with van der Waals surface area (Å²) in [5, 5.41) is 4.64. The van der Waals surface area contributed by atoms with Crippen LogP contribution in [0.15, 0.2) is 11.4 Å². The van der Waals surface area contributed by atoms with Crippen LogP contribution < -0.4 is 5.32 Å². The monoisotopic (exact) mass is 183 g/mol. The number of hydrogen-bond donors (Lipinski definition) is 1. The molecule has 3 nitrogen and oxygen atoms in total. The minimum absolute atomic E-state index is 0.0718. The number of hydrogen-bond acceptors (Lipinski definition) is 3. The van der Waals surface area contributed by atoms with E-state index in [4.69, 9.17) is 4.74 Å². The van der Waals surface area contributed by atoms with Gasteiger partial charge in [0.05, 0.1) is 6.54 Å². The zero-order chi connectivity index (χ0) is 8.55. The summed E-state index contributed by atoms with van der Waals surface area (Å²) >= 11 is 1.63. The Labute approximate surface area is 74.4 Å². The number of ether oxygens (including phenoxy) is 1. The van der Waals surface area contributed by atoms with Gasteiger partial charge in [0.25, 0.3) is 0 Å². The lowest BCUT2D eigenvalue weighted by Gasteiger charge is -2.05. The maximum atomic E-state index is 10.7. The molecule has 1 unspecified atom stereocenters. The van der Waals surface area contributed by atoms with Crippen LogP contribution in [0, 0.1) is 6.92 Å². The Kier molecular flexibility index (Phi) is 1.77. The van der Waals surface area contributed by atoms with E-state index in [9.17, 15) is 4.79 Å². The minimum atomic E-state index is -0.312. The Hall–Kier alpha value is -1.03. The van der Waals surface area contributed by atoms with Gasteiger partial charge in [-0.3, -0.25) is 0 Å². The number of rotatable bonds is 1. The van der Waals surface area contributed by atoms with Crippen LogP contribution in [0.1, 0.15) is 16.5 Å². The second-order valence-electron chi connectivity index (χ2n) is 2.74. The van der Waals surface area contributed by atoms with Crippen molar-refractivity contribution in [3.05, 3.63) is 21.9 Å².